The molecule has 41 heavy (non-hydrogen) atoms. The Morgan fingerprint density at radius 3 is 2.63 bits per heavy atom. The van der Waals surface area contributed by atoms with Crippen LogP contribution in [0.15, 0.2) is 60.7 Å². The lowest BCUT2D eigenvalue weighted by molar-refractivity contribution is -0.217. The molecule has 6 rings (SSSR count). The molecule has 0 aromatic heterocycles. The molecular formula is C32H39N3O6. The normalized spacial score (nSPS) is 33.0. The van der Waals surface area contributed by atoms with Crippen molar-refractivity contribution in [2.75, 3.05) is 38.7 Å². The van der Waals surface area contributed by atoms with Crippen LogP contribution in [0.25, 0.3) is 0 Å². The lowest BCUT2D eigenvalue weighted by atomic mass is 9.47. The maximum absolute atomic E-state index is 13.0. The summed E-state index contributed by atoms with van der Waals surface area (Å²) in [5.41, 5.74) is 0.189. The van der Waals surface area contributed by atoms with E-state index >= 15 is 0 Å². The van der Waals surface area contributed by atoms with E-state index in [1.807, 2.05) is 49.5 Å². The van der Waals surface area contributed by atoms with E-state index in [1.165, 1.54) is 6.92 Å². The third-order valence-electron chi connectivity index (χ3n) is 9.95. The zero-order valence-corrected chi connectivity index (χ0v) is 24.1. The molecule has 1 saturated heterocycles. The number of benzene rings is 2. The van der Waals surface area contributed by atoms with Gasteiger partial charge in [-0.2, -0.15) is 0 Å². The third kappa shape index (κ3) is 3.96. The van der Waals surface area contributed by atoms with Gasteiger partial charge in [0.15, 0.2) is 0 Å². The SMILES string of the molecule is CC[C@]12C=CCN3CC[C@@]4(c5ccc(OC)cc5N(C)[C@H]4[C@@](O)(CNC(=O)OCc4ccccc4)[C@@H]1OC(C)=O)[C@@H]32. The number of carbonyl (C=O) groups excluding carboxylic acids is 2. The van der Waals surface area contributed by atoms with Gasteiger partial charge >= 0.3 is 12.1 Å². The van der Waals surface area contributed by atoms with Crippen LogP contribution in [0, 0.1) is 5.41 Å². The Bertz CT molecular complexity index is 1370. The minimum atomic E-state index is -1.65. The fourth-order valence-electron chi connectivity index (χ4n) is 8.63. The number of methoxy groups -OCH3 is 1. The number of ether oxygens (including phenoxy) is 3. The summed E-state index contributed by atoms with van der Waals surface area (Å²) in [4.78, 5) is 30.2. The Morgan fingerprint density at radius 2 is 1.93 bits per heavy atom. The number of rotatable bonds is 7. The first kappa shape index (κ1) is 27.6. The number of nitrogens with zero attached hydrogens (tertiary/aromatic N) is 2. The van der Waals surface area contributed by atoms with E-state index in [-0.39, 0.29) is 19.2 Å². The van der Waals surface area contributed by atoms with Crippen LogP contribution in [0.3, 0.4) is 0 Å². The van der Waals surface area contributed by atoms with Crippen molar-refractivity contribution in [2.24, 2.45) is 5.41 Å². The molecule has 1 saturated carbocycles. The summed E-state index contributed by atoms with van der Waals surface area (Å²) in [6, 6.07) is 15.1. The molecule has 9 heteroatoms. The molecule has 1 spiro atoms. The standard InChI is InChI=1S/C32H39N3O6/c1-5-30-14-9-16-35-17-15-31(26(30)35)24-13-12-23(39-4)18-25(24)34(3)27(31)32(38,28(30)41-21(2)36)20-33-29(37)40-19-22-10-7-6-8-11-22/h6-14,18,26-28,38H,5,15-17,19-20H2,1-4H3,(H,33,37)/t26-,27+,28+,30+,31+,32-/m0/s1. The van der Waals surface area contributed by atoms with E-state index in [1.54, 1.807) is 7.11 Å². The highest BCUT2D eigenvalue weighted by molar-refractivity contribution is 5.72. The van der Waals surface area contributed by atoms with Gasteiger partial charge in [-0.15, -0.1) is 0 Å². The van der Waals surface area contributed by atoms with Crippen molar-refractivity contribution in [2.45, 2.75) is 62.5 Å². The molecular weight excluding hydrogens is 522 g/mol. The molecule has 2 aromatic rings. The first-order chi connectivity index (χ1) is 19.7. The van der Waals surface area contributed by atoms with Gasteiger partial charge < -0.3 is 29.5 Å². The number of amides is 1. The number of carbonyl (C=O) groups is 2. The molecule has 1 amide bonds. The molecule has 0 radical (unpaired) electrons. The first-order valence-electron chi connectivity index (χ1n) is 14.4. The fourth-order valence-corrected chi connectivity index (χ4v) is 8.63. The minimum absolute atomic E-state index is 0.0123. The molecule has 4 aliphatic rings. The number of hydrogen-bond acceptors (Lipinski definition) is 8. The van der Waals surface area contributed by atoms with Gasteiger partial charge in [0.2, 0.25) is 0 Å². The average molecular weight is 562 g/mol. The van der Waals surface area contributed by atoms with Gasteiger partial charge in [0.25, 0.3) is 0 Å². The highest BCUT2D eigenvalue weighted by Crippen LogP contribution is 2.67. The van der Waals surface area contributed by atoms with Crippen molar-refractivity contribution < 1.29 is 28.9 Å². The Labute approximate surface area is 241 Å². The van der Waals surface area contributed by atoms with Crippen LogP contribution >= 0.6 is 0 Å². The van der Waals surface area contributed by atoms with E-state index in [0.717, 1.165) is 42.1 Å². The monoisotopic (exact) mass is 561 g/mol. The highest BCUT2D eigenvalue weighted by atomic mass is 16.6. The zero-order valence-electron chi connectivity index (χ0n) is 24.1. The maximum Gasteiger partial charge on any atom is 0.407 e. The lowest BCUT2D eigenvalue weighted by Gasteiger charge is -2.64. The summed E-state index contributed by atoms with van der Waals surface area (Å²) in [6.07, 6.45) is 4.20. The summed E-state index contributed by atoms with van der Waals surface area (Å²) in [7, 11) is 3.62. The summed E-state index contributed by atoms with van der Waals surface area (Å²) in [5.74, 6) is 0.261. The van der Waals surface area contributed by atoms with Crippen LogP contribution in [-0.4, -0.2) is 79.6 Å². The molecule has 218 valence electrons. The topological polar surface area (TPSA) is 101 Å². The molecule has 2 N–H and O–H groups in total. The fraction of sp³-hybridized carbons (Fsp3) is 0.500. The second kappa shape index (κ2) is 10.1. The summed E-state index contributed by atoms with van der Waals surface area (Å²) in [5, 5.41) is 15.9. The van der Waals surface area contributed by atoms with Gasteiger partial charge in [0.1, 0.15) is 24.1 Å². The minimum Gasteiger partial charge on any atom is -0.497 e. The number of anilines is 1. The lowest BCUT2D eigenvalue weighted by Crippen LogP contribution is -2.81. The summed E-state index contributed by atoms with van der Waals surface area (Å²) in [6.45, 7) is 5.07. The van der Waals surface area contributed by atoms with Crippen LogP contribution in [0.5, 0.6) is 5.75 Å². The van der Waals surface area contributed by atoms with Crippen LogP contribution in [0.1, 0.15) is 37.8 Å². The molecule has 9 nitrogen and oxygen atoms in total. The summed E-state index contributed by atoms with van der Waals surface area (Å²) >= 11 is 0. The van der Waals surface area contributed by atoms with Gasteiger partial charge in [0, 0.05) is 49.1 Å². The molecule has 3 aliphatic heterocycles. The van der Waals surface area contributed by atoms with E-state index in [2.05, 4.69) is 40.3 Å². The number of hydrogen-bond donors (Lipinski definition) is 2. The molecule has 2 aromatic carbocycles. The van der Waals surface area contributed by atoms with Crippen LogP contribution < -0.4 is 15.0 Å². The number of esters is 1. The molecule has 1 aliphatic carbocycles. The van der Waals surface area contributed by atoms with Gasteiger partial charge in [-0.3, -0.25) is 9.69 Å². The van der Waals surface area contributed by atoms with Crippen LogP contribution in [0.4, 0.5) is 10.5 Å². The highest BCUT2D eigenvalue weighted by Gasteiger charge is 2.77. The molecule has 2 fully saturated rings. The van der Waals surface area contributed by atoms with E-state index in [4.69, 9.17) is 14.2 Å². The number of alkyl carbamates (subject to hydrolysis) is 1. The predicted octanol–water partition coefficient (Wildman–Crippen LogP) is 3.39. The Balaban J connectivity index is 1.45. The van der Waals surface area contributed by atoms with Crippen molar-refractivity contribution in [3.05, 3.63) is 71.8 Å². The van der Waals surface area contributed by atoms with Gasteiger partial charge in [0.05, 0.1) is 19.7 Å². The third-order valence-corrected chi connectivity index (χ3v) is 9.95. The number of fused-ring (bicyclic) bond motifs is 1. The molecule has 0 bridgehead atoms. The quantitative estimate of drug-likeness (QED) is 0.392. The smallest absolute Gasteiger partial charge is 0.407 e. The van der Waals surface area contributed by atoms with Crippen LogP contribution in [-0.2, 0) is 26.3 Å². The van der Waals surface area contributed by atoms with Gasteiger partial charge in [-0.05, 0) is 36.6 Å². The Morgan fingerprint density at radius 1 is 1.15 bits per heavy atom. The van der Waals surface area contributed by atoms with Crippen molar-refractivity contribution in [3.8, 4) is 5.75 Å². The Kier molecular flexibility index (Phi) is 6.77. The van der Waals surface area contributed by atoms with Crippen molar-refractivity contribution in [1.29, 1.82) is 0 Å². The van der Waals surface area contributed by atoms with Crippen LogP contribution in [0.2, 0.25) is 0 Å². The van der Waals surface area contributed by atoms with E-state index in [0.29, 0.717) is 6.42 Å². The first-order valence-corrected chi connectivity index (χ1v) is 14.4. The number of aliphatic hydroxyl groups is 1. The summed E-state index contributed by atoms with van der Waals surface area (Å²) < 4.78 is 17.2. The zero-order chi connectivity index (χ0) is 29.0. The number of likely N-dealkylation sites (N-methyl/N-ethyl adjacent to an activating group) is 1. The molecule has 6 atom stereocenters. The molecule has 3 heterocycles. The van der Waals surface area contributed by atoms with Gasteiger partial charge in [-0.25, -0.2) is 4.79 Å². The average Bonchev–Trinajstić information content (AvgIpc) is 3.49. The number of nitrogens with one attached hydrogen (secondary N) is 1. The largest absolute Gasteiger partial charge is 0.497 e. The van der Waals surface area contributed by atoms with Crippen molar-refractivity contribution >= 4 is 17.7 Å². The van der Waals surface area contributed by atoms with E-state index in [9.17, 15) is 14.7 Å². The van der Waals surface area contributed by atoms with Crippen molar-refractivity contribution in [1.82, 2.24) is 10.2 Å². The second-order valence-electron chi connectivity index (χ2n) is 11.8. The second-order valence-corrected chi connectivity index (χ2v) is 11.8. The maximum atomic E-state index is 13.0. The Hall–Kier alpha value is -3.56. The van der Waals surface area contributed by atoms with Gasteiger partial charge in [-0.1, -0.05) is 55.5 Å². The van der Waals surface area contributed by atoms with E-state index < -0.39 is 40.6 Å². The molecule has 0 unspecified atom stereocenters. The predicted molar refractivity (Wildman–Crippen MR) is 154 cm³/mol. The van der Waals surface area contributed by atoms with Crippen molar-refractivity contribution in [3.63, 3.8) is 0 Å².